The summed E-state index contributed by atoms with van der Waals surface area (Å²) in [6.45, 7) is 1.89. The standard InChI is InChI=1S/C31H33F4N5O3S/c1-20-6-9-24(10-7-20)44(42,43)40-27-11-8-21(29(32)25(27)19-38-40)15-23(39(2)3)18-37-28(41)16-26(22-5-4-14-36-17-22)30(12-13-30)31(33,34)35/h4-11,14,17,19,23,26H,12-13,15-16,18H2,1-3H3,(H,37,41)/t23-,26+/m0/s1. The maximum absolute atomic E-state index is 15.7. The summed E-state index contributed by atoms with van der Waals surface area (Å²) >= 11 is 0. The first-order valence-electron chi connectivity index (χ1n) is 14.1. The van der Waals surface area contributed by atoms with Gasteiger partial charge in [-0.25, -0.2) is 4.39 Å². The molecule has 234 valence electrons. The molecule has 0 spiro atoms. The van der Waals surface area contributed by atoms with Crippen LogP contribution in [0.3, 0.4) is 0 Å². The molecule has 2 heterocycles. The molecule has 1 aliphatic rings. The molecule has 2 aromatic carbocycles. The molecule has 0 bridgehead atoms. The van der Waals surface area contributed by atoms with E-state index >= 15 is 4.39 Å². The number of benzene rings is 2. The molecule has 44 heavy (non-hydrogen) atoms. The Hall–Kier alpha value is -3.84. The lowest BCUT2D eigenvalue weighted by molar-refractivity contribution is -0.194. The highest BCUT2D eigenvalue weighted by molar-refractivity contribution is 7.90. The minimum Gasteiger partial charge on any atom is -0.355 e. The van der Waals surface area contributed by atoms with Gasteiger partial charge in [-0.3, -0.25) is 9.78 Å². The largest absolute Gasteiger partial charge is 0.395 e. The summed E-state index contributed by atoms with van der Waals surface area (Å²) in [6.07, 6.45) is -0.755. The highest BCUT2D eigenvalue weighted by Gasteiger charge is 2.67. The molecule has 13 heteroatoms. The number of likely N-dealkylation sites (N-methyl/N-ethyl adjacent to an activating group) is 1. The number of nitrogens with one attached hydrogen (secondary N) is 1. The number of aromatic nitrogens is 3. The zero-order valence-corrected chi connectivity index (χ0v) is 25.3. The summed E-state index contributed by atoms with van der Waals surface area (Å²) in [6, 6.07) is 11.9. The van der Waals surface area contributed by atoms with Crippen molar-refractivity contribution in [3.8, 4) is 0 Å². The molecule has 2 atom stereocenters. The van der Waals surface area contributed by atoms with Gasteiger partial charge in [-0.2, -0.15) is 30.8 Å². The van der Waals surface area contributed by atoms with Crippen molar-refractivity contribution < 1.29 is 30.8 Å². The van der Waals surface area contributed by atoms with Crippen LogP contribution >= 0.6 is 0 Å². The molecule has 4 aromatic rings. The number of aryl methyl sites for hydroxylation is 1. The number of carbonyl (C=O) groups is 1. The van der Waals surface area contributed by atoms with E-state index in [0.29, 0.717) is 5.56 Å². The van der Waals surface area contributed by atoms with Crippen molar-refractivity contribution >= 4 is 26.8 Å². The van der Waals surface area contributed by atoms with Gasteiger partial charge in [-0.05, 0) is 75.7 Å². The van der Waals surface area contributed by atoms with Crippen LogP contribution in [0.1, 0.15) is 41.9 Å². The summed E-state index contributed by atoms with van der Waals surface area (Å²) in [5.74, 6) is -2.25. The molecule has 0 aliphatic heterocycles. The van der Waals surface area contributed by atoms with Gasteiger partial charge in [0.05, 0.1) is 27.4 Å². The topological polar surface area (TPSA) is 97.2 Å². The van der Waals surface area contributed by atoms with E-state index in [2.05, 4.69) is 15.4 Å². The van der Waals surface area contributed by atoms with Crippen LogP contribution < -0.4 is 5.32 Å². The molecule has 2 aromatic heterocycles. The second kappa shape index (κ2) is 11.9. The average molecular weight is 632 g/mol. The second-order valence-electron chi connectivity index (χ2n) is 11.6. The summed E-state index contributed by atoms with van der Waals surface area (Å²) < 4.78 is 84.9. The number of halogens is 4. The fourth-order valence-corrected chi connectivity index (χ4v) is 6.88. The zero-order chi connectivity index (χ0) is 31.9. The highest BCUT2D eigenvalue weighted by Crippen LogP contribution is 2.66. The molecule has 1 aliphatic carbocycles. The normalized spacial score (nSPS) is 16.2. The van der Waals surface area contributed by atoms with Crippen LogP contribution in [-0.2, 0) is 21.2 Å². The van der Waals surface area contributed by atoms with Gasteiger partial charge in [0.2, 0.25) is 5.91 Å². The molecule has 0 unspecified atom stereocenters. The van der Waals surface area contributed by atoms with Crippen LogP contribution in [-0.4, -0.2) is 66.3 Å². The first-order valence-corrected chi connectivity index (χ1v) is 15.6. The van der Waals surface area contributed by atoms with Crippen molar-refractivity contribution in [1.82, 2.24) is 24.4 Å². The monoisotopic (exact) mass is 631 g/mol. The molecule has 0 radical (unpaired) electrons. The van der Waals surface area contributed by atoms with Crippen molar-refractivity contribution in [1.29, 1.82) is 0 Å². The molecule has 8 nitrogen and oxygen atoms in total. The number of hydrogen-bond donors (Lipinski definition) is 1. The van der Waals surface area contributed by atoms with E-state index in [4.69, 9.17) is 0 Å². The lowest BCUT2D eigenvalue weighted by Crippen LogP contribution is -2.43. The quantitative estimate of drug-likeness (QED) is 0.228. The Kier molecular flexibility index (Phi) is 8.56. The molecule has 1 fully saturated rings. The number of rotatable bonds is 11. The number of nitrogens with zero attached hydrogens (tertiary/aromatic N) is 4. The smallest absolute Gasteiger partial charge is 0.355 e. The van der Waals surface area contributed by atoms with Gasteiger partial charge in [0.15, 0.2) is 0 Å². The lowest BCUT2D eigenvalue weighted by atomic mass is 9.80. The number of pyridine rings is 1. The van der Waals surface area contributed by atoms with Crippen LogP contribution in [0.25, 0.3) is 10.9 Å². The van der Waals surface area contributed by atoms with Gasteiger partial charge in [-0.1, -0.05) is 29.8 Å². The number of fused-ring (bicyclic) bond motifs is 1. The van der Waals surface area contributed by atoms with E-state index in [1.165, 1.54) is 42.9 Å². The van der Waals surface area contributed by atoms with Crippen molar-refractivity contribution in [3.63, 3.8) is 0 Å². The Morgan fingerprint density at radius 2 is 1.80 bits per heavy atom. The maximum atomic E-state index is 15.7. The third-order valence-electron chi connectivity index (χ3n) is 8.50. The van der Waals surface area contributed by atoms with Gasteiger partial charge in [0, 0.05) is 37.3 Å². The fourth-order valence-electron chi connectivity index (χ4n) is 5.61. The molecule has 1 amide bonds. The molecule has 1 saturated carbocycles. The van der Waals surface area contributed by atoms with Gasteiger partial charge in [-0.15, -0.1) is 0 Å². The Labute approximate surface area is 253 Å². The van der Waals surface area contributed by atoms with Crippen LogP contribution in [0.5, 0.6) is 0 Å². The van der Waals surface area contributed by atoms with Crippen molar-refractivity contribution in [2.75, 3.05) is 20.6 Å². The first kappa shape index (κ1) is 31.6. The minimum absolute atomic E-state index is 0.0228. The Bertz CT molecular complexity index is 1750. The van der Waals surface area contributed by atoms with Crippen LogP contribution in [0.2, 0.25) is 0 Å². The van der Waals surface area contributed by atoms with Crippen LogP contribution in [0, 0.1) is 18.2 Å². The summed E-state index contributed by atoms with van der Waals surface area (Å²) in [5.41, 5.74) is -0.342. The Balaban J connectivity index is 1.31. The maximum Gasteiger partial charge on any atom is 0.395 e. The first-order chi connectivity index (χ1) is 20.7. The highest BCUT2D eigenvalue weighted by atomic mass is 32.2. The van der Waals surface area contributed by atoms with Crippen molar-refractivity contribution in [3.05, 3.63) is 89.6 Å². The number of amides is 1. The summed E-state index contributed by atoms with van der Waals surface area (Å²) in [4.78, 5) is 18.8. The number of alkyl halides is 3. The van der Waals surface area contributed by atoms with Gasteiger partial charge in [0.1, 0.15) is 5.82 Å². The predicted octanol–water partition coefficient (Wildman–Crippen LogP) is 5.22. The van der Waals surface area contributed by atoms with E-state index in [9.17, 15) is 26.4 Å². The van der Waals surface area contributed by atoms with E-state index in [0.717, 1.165) is 9.65 Å². The van der Waals surface area contributed by atoms with E-state index in [1.807, 2.05) is 6.92 Å². The molecule has 1 N–H and O–H groups in total. The third kappa shape index (κ3) is 6.07. The van der Waals surface area contributed by atoms with Crippen molar-refractivity contribution in [2.24, 2.45) is 5.41 Å². The molecule has 5 rings (SSSR count). The molecule has 0 saturated heterocycles. The van der Waals surface area contributed by atoms with Crippen LogP contribution in [0.15, 0.2) is 72.0 Å². The van der Waals surface area contributed by atoms with Crippen LogP contribution in [0.4, 0.5) is 17.6 Å². The summed E-state index contributed by atoms with van der Waals surface area (Å²) in [5, 5.41) is 6.75. The lowest BCUT2D eigenvalue weighted by Gasteiger charge is -2.30. The summed E-state index contributed by atoms with van der Waals surface area (Å²) in [7, 11) is -0.559. The third-order valence-corrected chi connectivity index (χ3v) is 10.1. The van der Waals surface area contributed by atoms with Gasteiger partial charge >= 0.3 is 6.18 Å². The van der Waals surface area contributed by atoms with Gasteiger partial charge in [0.25, 0.3) is 10.0 Å². The second-order valence-corrected chi connectivity index (χ2v) is 13.4. The number of carbonyl (C=O) groups excluding carboxylic acids is 1. The molecular weight excluding hydrogens is 598 g/mol. The SMILES string of the molecule is Cc1ccc(S(=O)(=O)n2ncc3c(F)c(C[C@@H](CNC(=O)C[C@H](c4cccnc4)C4(C(F)(F)F)CC4)N(C)C)ccc32)cc1. The average Bonchev–Trinajstić information content (AvgIpc) is 3.68. The van der Waals surface area contributed by atoms with Gasteiger partial charge < -0.3 is 10.2 Å². The van der Waals surface area contributed by atoms with E-state index in [-0.39, 0.29) is 53.6 Å². The van der Waals surface area contributed by atoms with E-state index < -0.39 is 45.3 Å². The van der Waals surface area contributed by atoms with E-state index in [1.54, 1.807) is 43.3 Å². The van der Waals surface area contributed by atoms with Crippen molar-refractivity contribution in [2.45, 2.75) is 55.6 Å². The predicted molar refractivity (Wildman–Crippen MR) is 157 cm³/mol. The molecular formula is C31H33F4N5O3S. The fraction of sp³-hybridized carbons (Fsp3) is 0.387. The number of hydrogen-bond acceptors (Lipinski definition) is 6. The Morgan fingerprint density at radius 1 is 1.09 bits per heavy atom. The Morgan fingerprint density at radius 3 is 2.39 bits per heavy atom. The minimum atomic E-state index is -4.45. The zero-order valence-electron chi connectivity index (χ0n) is 24.5.